The fourth-order valence-corrected chi connectivity index (χ4v) is 7.48. The van der Waals surface area contributed by atoms with E-state index in [1.165, 1.54) is 9.18 Å². The number of rotatable bonds is 9. The van der Waals surface area contributed by atoms with Gasteiger partial charge in [-0.25, -0.2) is 8.42 Å². The van der Waals surface area contributed by atoms with E-state index in [0.29, 0.717) is 19.8 Å². The highest BCUT2D eigenvalue weighted by Crippen LogP contribution is 2.34. The molecule has 0 unspecified atom stereocenters. The Hall–Kier alpha value is -2.72. The average Bonchev–Trinajstić information content (AvgIpc) is 3.60. The molecule has 202 valence electrons. The van der Waals surface area contributed by atoms with Gasteiger partial charge in [0.25, 0.3) is 0 Å². The van der Waals surface area contributed by atoms with Gasteiger partial charge in [-0.15, -0.1) is 11.3 Å². The van der Waals surface area contributed by atoms with Crippen LogP contribution in [0, 0.1) is 13.8 Å². The fraction of sp³-hybridized carbons (Fsp3) is 0.414. The summed E-state index contributed by atoms with van der Waals surface area (Å²) in [7, 11) is -3.89. The lowest BCUT2D eigenvalue weighted by atomic mass is 10.0. The second-order valence-electron chi connectivity index (χ2n) is 9.97. The zero-order valence-electron chi connectivity index (χ0n) is 21.8. The van der Waals surface area contributed by atoms with Crippen LogP contribution in [0.3, 0.4) is 0 Å². The molecule has 0 radical (unpaired) electrons. The molecule has 9 heteroatoms. The first-order valence-electron chi connectivity index (χ1n) is 13.1. The lowest BCUT2D eigenvalue weighted by molar-refractivity contribution is -0.135. The molecule has 0 bridgehead atoms. The molecule has 1 saturated heterocycles. The van der Waals surface area contributed by atoms with Gasteiger partial charge in [-0.1, -0.05) is 35.9 Å². The number of amides is 1. The van der Waals surface area contributed by atoms with Crippen molar-refractivity contribution < 1.29 is 22.7 Å². The largest absolute Gasteiger partial charge is 0.491 e. The molecule has 0 spiro atoms. The van der Waals surface area contributed by atoms with E-state index in [1.54, 1.807) is 40.5 Å². The highest BCUT2D eigenvalue weighted by atomic mass is 32.2. The zero-order chi connectivity index (χ0) is 26.7. The van der Waals surface area contributed by atoms with E-state index in [0.717, 1.165) is 41.7 Å². The second kappa shape index (κ2) is 11.6. The van der Waals surface area contributed by atoms with Crippen molar-refractivity contribution in [1.82, 2.24) is 9.21 Å². The van der Waals surface area contributed by atoms with Crippen LogP contribution in [0.15, 0.2) is 64.9 Å². The first kappa shape index (κ1) is 26.9. The maximum absolute atomic E-state index is 13.9. The van der Waals surface area contributed by atoms with E-state index in [4.69, 9.17) is 9.47 Å². The molecule has 2 atom stereocenters. The maximum atomic E-state index is 13.9. The number of ether oxygens (including phenoxy) is 2. The average molecular weight is 555 g/mol. The van der Waals surface area contributed by atoms with E-state index < -0.39 is 10.0 Å². The number of benzene rings is 2. The monoisotopic (exact) mass is 554 g/mol. The van der Waals surface area contributed by atoms with Crippen molar-refractivity contribution in [2.45, 2.75) is 50.2 Å². The Morgan fingerprint density at radius 2 is 1.92 bits per heavy atom. The highest BCUT2D eigenvalue weighted by molar-refractivity contribution is 7.89. The normalized spacial score (nSPS) is 19.5. The molecule has 2 aromatic carbocycles. The van der Waals surface area contributed by atoms with Gasteiger partial charge < -0.3 is 14.4 Å². The summed E-state index contributed by atoms with van der Waals surface area (Å²) in [4.78, 5) is 17.1. The van der Waals surface area contributed by atoms with Crippen LogP contribution in [0.4, 0.5) is 0 Å². The molecule has 0 saturated carbocycles. The number of sulfonamides is 1. The van der Waals surface area contributed by atoms with Crippen LogP contribution in [0.1, 0.15) is 40.5 Å². The van der Waals surface area contributed by atoms with Crippen molar-refractivity contribution in [2.24, 2.45) is 0 Å². The molecular weight excluding hydrogens is 520 g/mol. The number of para-hydroxylation sites is 1. The molecule has 3 heterocycles. The minimum atomic E-state index is -3.89. The Bertz CT molecular complexity index is 1360. The van der Waals surface area contributed by atoms with Crippen molar-refractivity contribution in [3.8, 4) is 5.75 Å². The van der Waals surface area contributed by atoms with Crippen LogP contribution < -0.4 is 4.74 Å². The van der Waals surface area contributed by atoms with Gasteiger partial charge in [-0.3, -0.25) is 4.79 Å². The summed E-state index contributed by atoms with van der Waals surface area (Å²) >= 11 is 1.69. The summed E-state index contributed by atoms with van der Waals surface area (Å²) in [5.74, 6) is 0.554. The van der Waals surface area contributed by atoms with Gasteiger partial charge in [-0.2, -0.15) is 4.31 Å². The Morgan fingerprint density at radius 3 is 2.66 bits per heavy atom. The highest BCUT2D eigenvalue weighted by Gasteiger charge is 2.36. The van der Waals surface area contributed by atoms with Gasteiger partial charge in [0.05, 0.1) is 23.6 Å². The minimum absolute atomic E-state index is 0.157. The summed E-state index contributed by atoms with van der Waals surface area (Å²) in [6.45, 7) is 5.26. The number of aryl methyl sites for hydroxylation is 2. The van der Waals surface area contributed by atoms with E-state index >= 15 is 0 Å². The SMILES string of the molecule is Cc1ccc(S(=O)(=O)N(CC(=O)N2CCc3sccc3[C@@H]2COc2ccccc2C)C[C@@H]2CCCO2)cc1. The molecule has 7 nitrogen and oxygen atoms in total. The van der Waals surface area contributed by atoms with Gasteiger partial charge >= 0.3 is 0 Å². The molecule has 2 aliphatic heterocycles. The molecule has 5 rings (SSSR count). The smallest absolute Gasteiger partial charge is 0.243 e. The number of nitrogens with zero attached hydrogens (tertiary/aromatic N) is 2. The molecule has 0 N–H and O–H groups in total. The Morgan fingerprint density at radius 1 is 1.13 bits per heavy atom. The molecule has 1 aromatic heterocycles. The molecule has 1 fully saturated rings. The van der Waals surface area contributed by atoms with Gasteiger partial charge in [0.1, 0.15) is 12.4 Å². The Kier molecular flexibility index (Phi) is 8.18. The molecular formula is C29H34N2O5S2. The molecule has 38 heavy (non-hydrogen) atoms. The summed E-state index contributed by atoms with van der Waals surface area (Å²) in [5, 5.41) is 2.05. The third-order valence-electron chi connectivity index (χ3n) is 7.31. The fourth-order valence-electron chi connectivity index (χ4n) is 5.13. The number of carbonyl (C=O) groups excluding carboxylic acids is 1. The number of hydrogen-bond donors (Lipinski definition) is 0. The lowest BCUT2D eigenvalue weighted by Gasteiger charge is -2.37. The maximum Gasteiger partial charge on any atom is 0.243 e. The van der Waals surface area contributed by atoms with E-state index in [9.17, 15) is 13.2 Å². The standard InChI is InChI=1S/C29H34N2O5S2/c1-21-9-11-24(12-10-21)38(33,34)30(18-23-7-5-16-35-23)19-29(32)31-15-13-28-25(14-17-37-28)26(31)20-36-27-8-4-3-6-22(27)2/h3-4,6,8-12,14,17,23,26H,5,7,13,15-16,18-20H2,1-2H3/t23-,26-/m0/s1. The van der Waals surface area contributed by atoms with E-state index in [-0.39, 0.29) is 36.0 Å². The van der Waals surface area contributed by atoms with E-state index in [1.807, 2.05) is 43.5 Å². The quantitative estimate of drug-likeness (QED) is 0.382. The molecule has 2 aliphatic rings. The second-order valence-corrected chi connectivity index (χ2v) is 12.9. The van der Waals surface area contributed by atoms with Crippen LogP contribution >= 0.6 is 11.3 Å². The van der Waals surface area contributed by atoms with Gasteiger partial charge in [0, 0.05) is 24.6 Å². The number of carbonyl (C=O) groups is 1. The van der Waals surface area contributed by atoms with E-state index in [2.05, 4.69) is 6.07 Å². The first-order chi connectivity index (χ1) is 18.3. The van der Waals surface area contributed by atoms with Crippen molar-refractivity contribution >= 4 is 27.3 Å². The van der Waals surface area contributed by atoms with Gasteiger partial charge in [0.2, 0.25) is 15.9 Å². The summed E-state index contributed by atoms with van der Waals surface area (Å²) < 4.78 is 40.7. The van der Waals surface area contributed by atoms with Crippen molar-refractivity contribution in [3.05, 3.63) is 81.5 Å². The molecule has 0 aliphatic carbocycles. The minimum Gasteiger partial charge on any atom is -0.491 e. The molecule has 3 aromatic rings. The number of hydrogen-bond acceptors (Lipinski definition) is 6. The van der Waals surface area contributed by atoms with Gasteiger partial charge in [0.15, 0.2) is 0 Å². The number of thiophene rings is 1. The van der Waals surface area contributed by atoms with Crippen LogP contribution in [-0.2, 0) is 26.0 Å². The van der Waals surface area contributed by atoms with Crippen LogP contribution in [-0.4, -0.2) is 62.5 Å². The van der Waals surface area contributed by atoms with Crippen LogP contribution in [0.2, 0.25) is 0 Å². The number of fused-ring (bicyclic) bond motifs is 1. The van der Waals surface area contributed by atoms with Crippen molar-refractivity contribution in [3.63, 3.8) is 0 Å². The topological polar surface area (TPSA) is 76.2 Å². The Balaban J connectivity index is 1.39. The third-order valence-corrected chi connectivity index (χ3v) is 10.1. The van der Waals surface area contributed by atoms with Crippen LogP contribution in [0.5, 0.6) is 5.75 Å². The molecule has 1 amide bonds. The van der Waals surface area contributed by atoms with Gasteiger partial charge in [-0.05, 0) is 73.9 Å². The third kappa shape index (κ3) is 5.81. The summed E-state index contributed by atoms with van der Waals surface area (Å²) in [5.41, 5.74) is 3.08. The predicted molar refractivity (Wildman–Crippen MR) is 148 cm³/mol. The zero-order valence-corrected chi connectivity index (χ0v) is 23.5. The Labute approximate surface area is 229 Å². The van der Waals surface area contributed by atoms with Crippen molar-refractivity contribution in [2.75, 3.05) is 32.8 Å². The van der Waals surface area contributed by atoms with Crippen molar-refractivity contribution in [1.29, 1.82) is 0 Å². The lowest BCUT2D eigenvalue weighted by Crippen LogP contribution is -2.49. The predicted octanol–water partition coefficient (Wildman–Crippen LogP) is 4.74. The van der Waals surface area contributed by atoms with Crippen LogP contribution in [0.25, 0.3) is 0 Å². The first-order valence-corrected chi connectivity index (χ1v) is 15.4. The summed E-state index contributed by atoms with van der Waals surface area (Å²) in [6, 6.07) is 16.4. The summed E-state index contributed by atoms with van der Waals surface area (Å²) in [6.07, 6.45) is 2.20.